The van der Waals surface area contributed by atoms with Crippen LogP contribution >= 0.6 is 0 Å². The van der Waals surface area contributed by atoms with Gasteiger partial charge in [-0.2, -0.15) is 0 Å². The standard InChI is InChI=1S/C11H17N3/c1-4-5-10-8-13-7-6-11(10)14(12)9(2)3/h4-9H,12H2,1-3H3/b5-4-. The van der Waals surface area contributed by atoms with Crippen LogP contribution in [0.3, 0.4) is 0 Å². The highest BCUT2D eigenvalue weighted by molar-refractivity contribution is 5.66. The van der Waals surface area contributed by atoms with Gasteiger partial charge in [0.25, 0.3) is 0 Å². The second-order valence-corrected chi connectivity index (χ2v) is 3.44. The smallest absolute Gasteiger partial charge is 0.0623 e. The van der Waals surface area contributed by atoms with Gasteiger partial charge in [0.1, 0.15) is 0 Å². The van der Waals surface area contributed by atoms with E-state index in [0.29, 0.717) is 0 Å². The number of hydrogen-bond donors (Lipinski definition) is 1. The summed E-state index contributed by atoms with van der Waals surface area (Å²) in [5, 5.41) is 1.75. The molecule has 0 spiro atoms. The summed E-state index contributed by atoms with van der Waals surface area (Å²) in [7, 11) is 0. The van der Waals surface area contributed by atoms with Crippen molar-refractivity contribution < 1.29 is 0 Å². The van der Waals surface area contributed by atoms with E-state index in [1.807, 2.05) is 31.3 Å². The lowest BCUT2D eigenvalue weighted by Gasteiger charge is -2.24. The minimum absolute atomic E-state index is 0.279. The normalized spacial score (nSPS) is 11.2. The van der Waals surface area contributed by atoms with Crippen molar-refractivity contribution >= 4 is 11.8 Å². The predicted octanol–water partition coefficient (Wildman–Crippen LogP) is 2.20. The fourth-order valence-corrected chi connectivity index (χ4v) is 1.22. The molecule has 1 aromatic heterocycles. The van der Waals surface area contributed by atoms with Gasteiger partial charge in [-0.1, -0.05) is 12.2 Å². The summed E-state index contributed by atoms with van der Waals surface area (Å²) in [6, 6.07) is 2.21. The van der Waals surface area contributed by atoms with Crippen LogP contribution in [0.2, 0.25) is 0 Å². The van der Waals surface area contributed by atoms with Gasteiger partial charge in [0.2, 0.25) is 0 Å². The van der Waals surface area contributed by atoms with Crippen molar-refractivity contribution in [1.82, 2.24) is 4.98 Å². The Labute approximate surface area is 85.2 Å². The van der Waals surface area contributed by atoms with Crippen molar-refractivity contribution in [3.05, 3.63) is 30.1 Å². The summed E-state index contributed by atoms with van der Waals surface area (Å²) in [6.45, 7) is 6.09. The van der Waals surface area contributed by atoms with E-state index in [9.17, 15) is 0 Å². The van der Waals surface area contributed by atoms with Gasteiger partial charge in [-0.25, -0.2) is 5.84 Å². The molecule has 3 nitrogen and oxygen atoms in total. The largest absolute Gasteiger partial charge is 0.308 e. The number of hydrazine groups is 1. The molecule has 3 heteroatoms. The molecule has 0 fully saturated rings. The third kappa shape index (κ3) is 2.33. The van der Waals surface area contributed by atoms with Crippen molar-refractivity contribution in [2.24, 2.45) is 5.84 Å². The number of nitrogens with two attached hydrogens (primary N) is 1. The highest BCUT2D eigenvalue weighted by Crippen LogP contribution is 2.19. The highest BCUT2D eigenvalue weighted by Gasteiger charge is 2.08. The first kappa shape index (κ1) is 10.7. The van der Waals surface area contributed by atoms with Crippen LogP contribution in [0.4, 0.5) is 5.69 Å². The SMILES string of the molecule is C/C=C\c1cnccc1N(N)C(C)C. The molecule has 1 rings (SSSR count). The van der Waals surface area contributed by atoms with Gasteiger partial charge in [-0.05, 0) is 26.8 Å². The van der Waals surface area contributed by atoms with Crippen molar-refractivity contribution in [1.29, 1.82) is 0 Å². The summed E-state index contributed by atoms with van der Waals surface area (Å²) in [5.74, 6) is 5.94. The number of hydrogen-bond acceptors (Lipinski definition) is 3. The fourth-order valence-electron chi connectivity index (χ4n) is 1.22. The molecule has 0 radical (unpaired) electrons. The zero-order valence-corrected chi connectivity index (χ0v) is 8.94. The Morgan fingerprint density at radius 3 is 2.79 bits per heavy atom. The molecular formula is C11H17N3. The van der Waals surface area contributed by atoms with E-state index < -0.39 is 0 Å². The first-order chi connectivity index (χ1) is 6.66. The Kier molecular flexibility index (Phi) is 3.65. The van der Waals surface area contributed by atoms with Crippen LogP contribution in [0.1, 0.15) is 26.3 Å². The molecule has 0 atom stereocenters. The molecule has 0 bridgehead atoms. The van der Waals surface area contributed by atoms with Crippen LogP contribution in [0, 0.1) is 0 Å². The van der Waals surface area contributed by atoms with Gasteiger partial charge in [0.15, 0.2) is 0 Å². The third-order valence-electron chi connectivity index (χ3n) is 2.01. The van der Waals surface area contributed by atoms with Gasteiger partial charge >= 0.3 is 0 Å². The molecule has 2 N–H and O–H groups in total. The Morgan fingerprint density at radius 1 is 1.50 bits per heavy atom. The quantitative estimate of drug-likeness (QED) is 0.588. The molecule has 1 aromatic rings. The summed E-state index contributed by atoms with van der Waals surface area (Å²) in [5.41, 5.74) is 2.05. The number of aromatic nitrogens is 1. The Morgan fingerprint density at radius 2 is 2.21 bits per heavy atom. The number of pyridine rings is 1. The number of anilines is 1. The summed E-state index contributed by atoms with van der Waals surface area (Å²) in [6.07, 6.45) is 7.56. The number of rotatable bonds is 3. The molecule has 0 aliphatic rings. The monoisotopic (exact) mass is 191 g/mol. The van der Waals surface area contributed by atoms with Crippen LogP contribution in [-0.2, 0) is 0 Å². The predicted molar refractivity (Wildman–Crippen MR) is 60.7 cm³/mol. The van der Waals surface area contributed by atoms with E-state index >= 15 is 0 Å². The second kappa shape index (κ2) is 4.77. The maximum Gasteiger partial charge on any atom is 0.0623 e. The van der Waals surface area contributed by atoms with Gasteiger partial charge < -0.3 is 5.01 Å². The van der Waals surface area contributed by atoms with Gasteiger partial charge in [-0.15, -0.1) is 0 Å². The summed E-state index contributed by atoms with van der Waals surface area (Å²) in [4.78, 5) is 4.07. The van der Waals surface area contributed by atoms with Crippen molar-refractivity contribution in [2.45, 2.75) is 26.8 Å². The maximum absolute atomic E-state index is 5.94. The number of allylic oxidation sites excluding steroid dienone is 1. The lowest BCUT2D eigenvalue weighted by atomic mass is 10.2. The van der Waals surface area contributed by atoms with Gasteiger partial charge in [0.05, 0.1) is 5.69 Å². The molecule has 0 aromatic carbocycles. The van der Waals surface area contributed by atoms with Crippen LogP contribution in [0.25, 0.3) is 6.08 Å². The molecule has 1 heterocycles. The summed E-state index contributed by atoms with van der Waals surface area (Å²) >= 11 is 0. The molecule has 0 unspecified atom stereocenters. The first-order valence-electron chi connectivity index (χ1n) is 4.77. The van der Waals surface area contributed by atoms with E-state index in [1.54, 1.807) is 11.2 Å². The minimum atomic E-state index is 0.279. The maximum atomic E-state index is 5.94. The Bertz CT molecular complexity index is 318. The van der Waals surface area contributed by atoms with Crippen LogP contribution in [0.15, 0.2) is 24.5 Å². The van der Waals surface area contributed by atoms with Gasteiger partial charge in [-0.3, -0.25) is 4.98 Å². The van der Waals surface area contributed by atoms with Crippen LogP contribution in [-0.4, -0.2) is 11.0 Å². The van der Waals surface area contributed by atoms with E-state index in [4.69, 9.17) is 5.84 Å². The zero-order valence-electron chi connectivity index (χ0n) is 8.94. The van der Waals surface area contributed by atoms with Crippen molar-refractivity contribution in [2.75, 3.05) is 5.01 Å². The third-order valence-corrected chi connectivity index (χ3v) is 2.01. The first-order valence-corrected chi connectivity index (χ1v) is 4.77. The molecule has 0 saturated carbocycles. The van der Waals surface area contributed by atoms with E-state index in [-0.39, 0.29) is 6.04 Å². The lowest BCUT2D eigenvalue weighted by Crippen LogP contribution is -2.37. The molecule has 14 heavy (non-hydrogen) atoms. The second-order valence-electron chi connectivity index (χ2n) is 3.44. The summed E-state index contributed by atoms with van der Waals surface area (Å²) < 4.78 is 0. The fraction of sp³-hybridized carbons (Fsp3) is 0.364. The lowest BCUT2D eigenvalue weighted by molar-refractivity contribution is 0.710. The molecular weight excluding hydrogens is 174 g/mol. The average Bonchev–Trinajstić information content (AvgIpc) is 2.18. The van der Waals surface area contributed by atoms with E-state index in [0.717, 1.165) is 11.3 Å². The Balaban J connectivity index is 3.06. The van der Waals surface area contributed by atoms with Gasteiger partial charge in [0, 0.05) is 24.0 Å². The average molecular weight is 191 g/mol. The molecule has 0 saturated heterocycles. The van der Waals surface area contributed by atoms with E-state index in [2.05, 4.69) is 18.8 Å². The topological polar surface area (TPSA) is 42.2 Å². The molecule has 0 amide bonds. The zero-order chi connectivity index (χ0) is 10.6. The van der Waals surface area contributed by atoms with Crippen molar-refractivity contribution in [3.8, 4) is 0 Å². The highest BCUT2D eigenvalue weighted by atomic mass is 15.4. The Hall–Kier alpha value is -1.35. The molecule has 0 aliphatic heterocycles. The minimum Gasteiger partial charge on any atom is -0.308 e. The van der Waals surface area contributed by atoms with E-state index in [1.165, 1.54) is 0 Å². The van der Waals surface area contributed by atoms with Crippen molar-refractivity contribution in [3.63, 3.8) is 0 Å². The van der Waals surface area contributed by atoms with Crippen LogP contribution < -0.4 is 10.9 Å². The molecule has 76 valence electrons. The number of nitrogens with zero attached hydrogens (tertiary/aromatic N) is 2. The van der Waals surface area contributed by atoms with Crippen LogP contribution in [0.5, 0.6) is 0 Å². The molecule has 0 aliphatic carbocycles.